The molecule has 0 aliphatic carbocycles. The van der Waals surface area contributed by atoms with E-state index in [1.54, 1.807) is 0 Å². The van der Waals surface area contributed by atoms with Crippen LogP contribution in [0.5, 0.6) is 0 Å². The first-order chi connectivity index (χ1) is 7.58. The lowest BCUT2D eigenvalue weighted by molar-refractivity contribution is 0.121. The largest absolute Gasteiger partial charge is 0.395 e. The van der Waals surface area contributed by atoms with Crippen molar-refractivity contribution in [2.45, 2.75) is 58.7 Å². The predicted octanol–water partition coefficient (Wildman–Crippen LogP) is 1.47. The molecule has 16 heavy (non-hydrogen) atoms. The summed E-state index contributed by atoms with van der Waals surface area (Å²) in [5.74, 6) is 0.504. The van der Waals surface area contributed by atoms with Crippen LogP contribution in [0.3, 0.4) is 0 Å². The Hall–Kier alpha value is -0.120. The fourth-order valence-corrected chi connectivity index (χ4v) is 2.60. The first kappa shape index (κ1) is 13.9. The second kappa shape index (κ2) is 6.58. The standard InChI is InChI=1S/C13H28N2O/c1-5-15-7-6-12(8-11(15)4)14-13(9-16)10(2)3/h10-14,16H,5-9H2,1-4H3/t11?,12?,13-/m1/s1. The molecule has 96 valence electrons. The Balaban J connectivity index is 2.39. The fourth-order valence-electron chi connectivity index (χ4n) is 2.60. The minimum absolute atomic E-state index is 0.250. The lowest BCUT2D eigenvalue weighted by Gasteiger charge is -2.39. The summed E-state index contributed by atoms with van der Waals surface area (Å²) >= 11 is 0. The highest BCUT2D eigenvalue weighted by atomic mass is 16.3. The molecule has 2 unspecified atom stereocenters. The summed E-state index contributed by atoms with van der Waals surface area (Å²) in [5, 5.41) is 12.9. The minimum Gasteiger partial charge on any atom is -0.395 e. The summed E-state index contributed by atoms with van der Waals surface area (Å²) in [6.45, 7) is 11.5. The number of aliphatic hydroxyl groups is 1. The molecule has 1 heterocycles. The van der Waals surface area contributed by atoms with Gasteiger partial charge < -0.3 is 15.3 Å². The summed E-state index contributed by atoms with van der Waals surface area (Å²) in [6.07, 6.45) is 2.42. The average Bonchev–Trinajstić information content (AvgIpc) is 2.25. The quantitative estimate of drug-likeness (QED) is 0.748. The van der Waals surface area contributed by atoms with Gasteiger partial charge in [-0.3, -0.25) is 0 Å². The maximum Gasteiger partial charge on any atom is 0.0587 e. The van der Waals surface area contributed by atoms with Gasteiger partial charge in [0.2, 0.25) is 0 Å². The molecular formula is C13H28N2O. The Morgan fingerprint density at radius 1 is 1.44 bits per heavy atom. The number of nitrogens with zero attached hydrogens (tertiary/aromatic N) is 1. The van der Waals surface area contributed by atoms with Gasteiger partial charge in [-0.2, -0.15) is 0 Å². The van der Waals surface area contributed by atoms with Gasteiger partial charge in [0, 0.05) is 18.1 Å². The zero-order valence-corrected chi connectivity index (χ0v) is 11.2. The highest BCUT2D eigenvalue weighted by molar-refractivity contribution is 4.85. The van der Waals surface area contributed by atoms with Crippen molar-refractivity contribution in [1.82, 2.24) is 10.2 Å². The van der Waals surface area contributed by atoms with Crippen LogP contribution in [0.1, 0.15) is 40.5 Å². The summed E-state index contributed by atoms with van der Waals surface area (Å²) in [6, 6.07) is 1.51. The zero-order chi connectivity index (χ0) is 12.1. The van der Waals surface area contributed by atoms with E-state index in [0.29, 0.717) is 18.0 Å². The molecule has 1 aliphatic rings. The number of hydrogen-bond acceptors (Lipinski definition) is 3. The molecule has 0 amide bonds. The van der Waals surface area contributed by atoms with Crippen LogP contribution >= 0.6 is 0 Å². The van der Waals surface area contributed by atoms with Crippen LogP contribution in [-0.4, -0.2) is 47.8 Å². The topological polar surface area (TPSA) is 35.5 Å². The molecule has 2 N–H and O–H groups in total. The minimum atomic E-state index is 0.250. The molecule has 3 atom stereocenters. The van der Waals surface area contributed by atoms with Crippen molar-refractivity contribution in [3.05, 3.63) is 0 Å². The molecule has 0 aromatic rings. The number of hydrogen-bond donors (Lipinski definition) is 2. The van der Waals surface area contributed by atoms with Gasteiger partial charge in [-0.15, -0.1) is 0 Å². The number of rotatable bonds is 5. The van der Waals surface area contributed by atoms with Crippen LogP contribution in [0.15, 0.2) is 0 Å². The van der Waals surface area contributed by atoms with Crippen LogP contribution in [0.25, 0.3) is 0 Å². The maximum atomic E-state index is 9.32. The van der Waals surface area contributed by atoms with Crippen LogP contribution in [0, 0.1) is 5.92 Å². The molecule has 1 fully saturated rings. The molecule has 0 bridgehead atoms. The van der Waals surface area contributed by atoms with Crippen molar-refractivity contribution >= 4 is 0 Å². The second-order valence-electron chi connectivity index (χ2n) is 5.40. The summed E-state index contributed by atoms with van der Waals surface area (Å²) in [5.41, 5.74) is 0. The molecule has 0 saturated carbocycles. The van der Waals surface area contributed by atoms with E-state index < -0.39 is 0 Å². The Morgan fingerprint density at radius 3 is 2.56 bits per heavy atom. The molecule has 0 radical (unpaired) electrons. The predicted molar refractivity (Wildman–Crippen MR) is 68.6 cm³/mol. The third-order valence-electron chi connectivity index (χ3n) is 3.87. The molecule has 1 saturated heterocycles. The molecule has 1 aliphatic heterocycles. The average molecular weight is 228 g/mol. The Labute approximate surface area is 100 Å². The molecule has 0 aromatic heterocycles. The molecule has 1 rings (SSSR count). The van der Waals surface area contributed by atoms with E-state index in [1.165, 1.54) is 19.4 Å². The van der Waals surface area contributed by atoms with Gasteiger partial charge in [-0.1, -0.05) is 20.8 Å². The van der Waals surface area contributed by atoms with Gasteiger partial charge in [0.15, 0.2) is 0 Å². The highest BCUT2D eigenvalue weighted by Gasteiger charge is 2.26. The van der Waals surface area contributed by atoms with Crippen molar-refractivity contribution in [2.75, 3.05) is 19.7 Å². The summed E-state index contributed by atoms with van der Waals surface area (Å²) < 4.78 is 0. The van der Waals surface area contributed by atoms with Crippen LogP contribution in [-0.2, 0) is 0 Å². The van der Waals surface area contributed by atoms with Crippen molar-refractivity contribution in [3.63, 3.8) is 0 Å². The lowest BCUT2D eigenvalue weighted by Crippen LogP contribution is -2.51. The van der Waals surface area contributed by atoms with E-state index in [0.717, 1.165) is 6.54 Å². The maximum absolute atomic E-state index is 9.32. The third-order valence-corrected chi connectivity index (χ3v) is 3.87. The number of nitrogens with one attached hydrogen (secondary N) is 1. The van der Waals surface area contributed by atoms with Crippen LogP contribution in [0.4, 0.5) is 0 Å². The number of piperidine rings is 1. The Morgan fingerprint density at radius 2 is 2.12 bits per heavy atom. The summed E-state index contributed by atoms with van der Waals surface area (Å²) in [4.78, 5) is 2.53. The molecule has 0 aromatic carbocycles. The van der Waals surface area contributed by atoms with Gasteiger partial charge in [-0.25, -0.2) is 0 Å². The van der Waals surface area contributed by atoms with Crippen molar-refractivity contribution < 1.29 is 5.11 Å². The Bertz CT molecular complexity index is 196. The van der Waals surface area contributed by atoms with Gasteiger partial charge in [0.05, 0.1) is 6.61 Å². The first-order valence-corrected chi connectivity index (χ1v) is 6.69. The smallest absolute Gasteiger partial charge is 0.0587 e. The van der Waals surface area contributed by atoms with Gasteiger partial charge in [0.25, 0.3) is 0 Å². The third kappa shape index (κ3) is 3.72. The van der Waals surface area contributed by atoms with E-state index in [4.69, 9.17) is 0 Å². The Kier molecular flexibility index (Phi) is 5.73. The first-order valence-electron chi connectivity index (χ1n) is 6.69. The molecule has 0 spiro atoms. The zero-order valence-electron chi connectivity index (χ0n) is 11.2. The monoisotopic (exact) mass is 228 g/mol. The highest BCUT2D eigenvalue weighted by Crippen LogP contribution is 2.18. The van der Waals surface area contributed by atoms with Gasteiger partial charge >= 0.3 is 0 Å². The summed E-state index contributed by atoms with van der Waals surface area (Å²) in [7, 11) is 0. The molecule has 3 heteroatoms. The van der Waals surface area contributed by atoms with Gasteiger partial charge in [-0.05, 0) is 38.8 Å². The number of aliphatic hydroxyl groups excluding tert-OH is 1. The second-order valence-corrected chi connectivity index (χ2v) is 5.40. The normalized spacial score (nSPS) is 29.6. The van der Waals surface area contributed by atoms with Gasteiger partial charge in [0.1, 0.15) is 0 Å². The molecular weight excluding hydrogens is 200 g/mol. The number of likely N-dealkylation sites (tertiary alicyclic amines) is 1. The van der Waals surface area contributed by atoms with Crippen molar-refractivity contribution in [1.29, 1.82) is 0 Å². The lowest BCUT2D eigenvalue weighted by atomic mass is 9.95. The SMILES string of the molecule is CCN1CCC(N[C@H](CO)C(C)C)CC1C. The van der Waals surface area contributed by atoms with Crippen molar-refractivity contribution in [2.24, 2.45) is 5.92 Å². The molecule has 3 nitrogen and oxygen atoms in total. The fraction of sp³-hybridized carbons (Fsp3) is 1.00. The van der Waals surface area contributed by atoms with E-state index in [9.17, 15) is 5.11 Å². The van der Waals surface area contributed by atoms with Crippen molar-refractivity contribution in [3.8, 4) is 0 Å². The van der Waals surface area contributed by atoms with E-state index in [1.807, 2.05) is 0 Å². The van der Waals surface area contributed by atoms with E-state index >= 15 is 0 Å². The van der Waals surface area contributed by atoms with Crippen LogP contribution < -0.4 is 5.32 Å². The van der Waals surface area contributed by atoms with Crippen LogP contribution in [0.2, 0.25) is 0 Å². The van der Waals surface area contributed by atoms with E-state index in [2.05, 4.69) is 37.9 Å². The van der Waals surface area contributed by atoms with E-state index in [-0.39, 0.29) is 12.6 Å².